The van der Waals surface area contributed by atoms with E-state index in [9.17, 15) is 0 Å². The molecule has 76 valence electrons. The minimum Gasteiger partial charge on any atom is -0.491 e. The molecule has 4 heteroatoms. The molecule has 1 aromatic heterocycles. The average Bonchev–Trinajstić information content (AvgIpc) is 2.42. The summed E-state index contributed by atoms with van der Waals surface area (Å²) in [6, 6.07) is 5.90. The third-order valence-electron chi connectivity index (χ3n) is 2.65. The molecule has 0 bridgehead atoms. The first kappa shape index (κ1) is 8.47. The van der Waals surface area contributed by atoms with Gasteiger partial charge in [0.1, 0.15) is 24.5 Å². The number of aromatic nitrogens is 2. The maximum absolute atomic E-state index is 5.67. The van der Waals surface area contributed by atoms with Crippen LogP contribution in [-0.2, 0) is 0 Å². The Kier molecular flexibility index (Phi) is 1.74. The molecule has 0 radical (unpaired) electrons. The molecular formula is C11H11N3O. The van der Waals surface area contributed by atoms with Gasteiger partial charge in [-0.2, -0.15) is 0 Å². The van der Waals surface area contributed by atoms with Crippen LogP contribution in [0.3, 0.4) is 0 Å². The summed E-state index contributed by atoms with van der Waals surface area (Å²) in [4.78, 5) is 10.7. The van der Waals surface area contributed by atoms with Crippen LogP contribution in [0.1, 0.15) is 0 Å². The Balaban J connectivity index is 2.41. The van der Waals surface area contributed by atoms with Crippen molar-refractivity contribution in [3.05, 3.63) is 24.5 Å². The number of anilines is 1. The zero-order valence-corrected chi connectivity index (χ0v) is 8.47. The summed E-state index contributed by atoms with van der Waals surface area (Å²) in [5, 5.41) is 1.01. The second-order valence-corrected chi connectivity index (χ2v) is 3.62. The lowest BCUT2D eigenvalue weighted by molar-refractivity contribution is 0.333. The largest absolute Gasteiger partial charge is 0.491 e. The lowest BCUT2D eigenvalue weighted by atomic mass is 10.2. The summed E-state index contributed by atoms with van der Waals surface area (Å²) in [5.74, 6) is 1.83. The predicted octanol–water partition coefficient (Wildman–Crippen LogP) is 1.46. The first-order valence-corrected chi connectivity index (χ1v) is 4.94. The molecule has 0 unspecified atom stereocenters. The Bertz CT molecular complexity index is 507. The van der Waals surface area contributed by atoms with Gasteiger partial charge < -0.3 is 9.64 Å². The second-order valence-electron chi connectivity index (χ2n) is 3.62. The number of nitrogens with zero attached hydrogens (tertiary/aromatic N) is 3. The first-order chi connectivity index (χ1) is 7.36. The average molecular weight is 201 g/mol. The van der Waals surface area contributed by atoms with Crippen molar-refractivity contribution in [1.29, 1.82) is 0 Å². The smallest absolute Gasteiger partial charge is 0.143 e. The van der Waals surface area contributed by atoms with Crippen molar-refractivity contribution in [2.24, 2.45) is 0 Å². The Morgan fingerprint density at radius 2 is 2.27 bits per heavy atom. The van der Waals surface area contributed by atoms with Crippen LogP contribution >= 0.6 is 0 Å². The zero-order valence-electron chi connectivity index (χ0n) is 8.47. The molecule has 0 N–H and O–H groups in total. The Morgan fingerprint density at radius 1 is 1.33 bits per heavy atom. The van der Waals surface area contributed by atoms with E-state index in [1.807, 2.05) is 25.2 Å². The predicted molar refractivity (Wildman–Crippen MR) is 58.3 cm³/mol. The number of benzene rings is 1. The van der Waals surface area contributed by atoms with Crippen molar-refractivity contribution < 1.29 is 4.74 Å². The molecular weight excluding hydrogens is 190 g/mol. The van der Waals surface area contributed by atoms with Gasteiger partial charge in [0.05, 0.1) is 17.4 Å². The fourth-order valence-electron chi connectivity index (χ4n) is 1.87. The van der Waals surface area contributed by atoms with Crippen LogP contribution in [0.4, 0.5) is 5.82 Å². The van der Waals surface area contributed by atoms with Crippen LogP contribution in [0.25, 0.3) is 10.9 Å². The lowest BCUT2D eigenvalue weighted by Gasteiger charge is -2.15. The van der Waals surface area contributed by atoms with E-state index in [0.717, 1.165) is 29.0 Å². The summed E-state index contributed by atoms with van der Waals surface area (Å²) in [6.07, 6.45) is 1.60. The van der Waals surface area contributed by atoms with Crippen molar-refractivity contribution >= 4 is 16.7 Å². The van der Waals surface area contributed by atoms with Crippen LogP contribution in [-0.4, -0.2) is 30.2 Å². The van der Waals surface area contributed by atoms with Crippen LogP contribution in [0.2, 0.25) is 0 Å². The number of likely N-dealkylation sites (N-methyl/N-ethyl adjacent to an activating group) is 1. The van der Waals surface area contributed by atoms with Crippen molar-refractivity contribution in [3.8, 4) is 5.75 Å². The highest BCUT2D eigenvalue weighted by atomic mass is 16.5. The molecule has 1 aromatic carbocycles. The summed E-state index contributed by atoms with van der Waals surface area (Å²) in [6.45, 7) is 1.53. The van der Waals surface area contributed by atoms with Gasteiger partial charge in [0.2, 0.25) is 0 Å². The fourth-order valence-corrected chi connectivity index (χ4v) is 1.87. The van der Waals surface area contributed by atoms with Gasteiger partial charge in [0, 0.05) is 7.05 Å². The Labute approximate surface area is 87.5 Å². The normalized spacial score (nSPS) is 14.9. The molecule has 0 amide bonds. The fraction of sp³-hybridized carbons (Fsp3) is 0.273. The molecule has 0 saturated heterocycles. The molecule has 1 aliphatic rings. The minimum atomic E-state index is 0.686. The van der Waals surface area contributed by atoms with Crippen LogP contribution in [0.5, 0.6) is 5.75 Å². The van der Waals surface area contributed by atoms with E-state index in [4.69, 9.17) is 4.74 Å². The summed E-state index contributed by atoms with van der Waals surface area (Å²) in [7, 11) is 2.02. The maximum atomic E-state index is 5.67. The van der Waals surface area contributed by atoms with Gasteiger partial charge in [-0.05, 0) is 12.1 Å². The maximum Gasteiger partial charge on any atom is 0.143 e. The van der Waals surface area contributed by atoms with E-state index in [1.54, 1.807) is 6.33 Å². The number of hydrogen-bond acceptors (Lipinski definition) is 4. The van der Waals surface area contributed by atoms with Gasteiger partial charge in [-0.25, -0.2) is 9.97 Å². The molecule has 0 saturated carbocycles. The lowest BCUT2D eigenvalue weighted by Crippen LogP contribution is -2.22. The SMILES string of the molecule is CN1CCOc2cccc3ncnc1c23. The molecule has 0 spiro atoms. The molecule has 1 aliphatic heterocycles. The molecule has 0 aliphatic carbocycles. The zero-order chi connectivity index (χ0) is 10.3. The number of rotatable bonds is 0. The van der Waals surface area contributed by atoms with Gasteiger partial charge >= 0.3 is 0 Å². The standard InChI is InChI=1S/C11H11N3O/c1-14-5-6-15-9-4-2-3-8-10(9)11(14)13-7-12-8/h2-4,7H,5-6H2,1H3. The molecule has 0 atom stereocenters. The van der Waals surface area contributed by atoms with Crippen molar-refractivity contribution in [3.63, 3.8) is 0 Å². The topological polar surface area (TPSA) is 38.2 Å². The minimum absolute atomic E-state index is 0.686. The number of ether oxygens (including phenoxy) is 1. The highest BCUT2D eigenvalue weighted by molar-refractivity contribution is 5.95. The third kappa shape index (κ3) is 1.21. The number of hydrogen-bond donors (Lipinski definition) is 0. The van der Waals surface area contributed by atoms with Crippen molar-refractivity contribution in [2.75, 3.05) is 25.1 Å². The Hall–Kier alpha value is -1.84. The second kappa shape index (κ2) is 3.08. The quantitative estimate of drug-likeness (QED) is 0.646. The summed E-state index contributed by atoms with van der Waals surface area (Å²) >= 11 is 0. The molecule has 3 rings (SSSR count). The monoisotopic (exact) mass is 201 g/mol. The van der Waals surface area contributed by atoms with Crippen molar-refractivity contribution in [1.82, 2.24) is 9.97 Å². The van der Waals surface area contributed by atoms with E-state index in [1.165, 1.54) is 0 Å². The van der Waals surface area contributed by atoms with Crippen LogP contribution in [0.15, 0.2) is 24.5 Å². The first-order valence-electron chi connectivity index (χ1n) is 4.94. The van der Waals surface area contributed by atoms with E-state index in [0.29, 0.717) is 6.61 Å². The van der Waals surface area contributed by atoms with Gasteiger partial charge in [0.25, 0.3) is 0 Å². The van der Waals surface area contributed by atoms with Gasteiger partial charge in [-0.3, -0.25) is 0 Å². The summed E-state index contributed by atoms with van der Waals surface area (Å²) < 4.78 is 5.67. The van der Waals surface area contributed by atoms with E-state index in [-0.39, 0.29) is 0 Å². The van der Waals surface area contributed by atoms with E-state index < -0.39 is 0 Å². The van der Waals surface area contributed by atoms with E-state index >= 15 is 0 Å². The highest BCUT2D eigenvalue weighted by Crippen LogP contribution is 2.32. The highest BCUT2D eigenvalue weighted by Gasteiger charge is 2.16. The van der Waals surface area contributed by atoms with Crippen molar-refractivity contribution in [2.45, 2.75) is 0 Å². The van der Waals surface area contributed by atoms with E-state index in [2.05, 4.69) is 14.9 Å². The Morgan fingerprint density at radius 3 is 3.20 bits per heavy atom. The molecule has 2 heterocycles. The van der Waals surface area contributed by atoms with Gasteiger partial charge in [-0.15, -0.1) is 0 Å². The molecule has 4 nitrogen and oxygen atoms in total. The van der Waals surface area contributed by atoms with Crippen LogP contribution in [0, 0.1) is 0 Å². The van der Waals surface area contributed by atoms with Gasteiger partial charge in [0.15, 0.2) is 0 Å². The van der Waals surface area contributed by atoms with Crippen LogP contribution < -0.4 is 9.64 Å². The molecule has 2 aromatic rings. The third-order valence-corrected chi connectivity index (χ3v) is 2.65. The summed E-state index contributed by atoms with van der Waals surface area (Å²) in [5.41, 5.74) is 0.936. The van der Waals surface area contributed by atoms with Gasteiger partial charge in [-0.1, -0.05) is 6.07 Å². The molecule has 0 fully saturated rings. The molecule has 15 heavy (non-hydrogen) atoms.